The summed E-state index contributed by atoms with van der Waals surface area (Å²) in [5.41, 5.74) is 7.58. The SMILES string of the molecule is CN(C)c1ccc(Br)cc1NC(=O)C1CCC(CN)CC1. The highest BCUT2D eigenvalue weighted by Crippen LogP contribution is 2.32. The van der Waals surface area contributed by atoms with Crippen molar-refractivity contribution in [1.82, 2.24) is 0 Å². The van der Waals surface area contributed by atoms with E-state index in [0.717, 1.165) is 48.1 Å². The lowest BCUT2D eigenvalue weighted by molar-refractivity contribution is -0.121. The Morgan fingerprint density at radius 2 is 2.00 bits per heavy atom. The minimum Gasteiger partial charge on any atom is -0.376 e. The van der Waals surface area contributed by atoms with Crippen LogP contribution in [0.3, 0.4) is 0 Å². The van der Waals surface area contributed by atoms with Crippen molar-refractivity contribution in [3.63, 3.8) is 0 Å². The fourth-order valence-electron chi connectivity index (χ4n) is 2.89. The van der Waals surface area contributed by atoms with Crippen molar-refractivity contribution in [3.05, 3.63) is 22.7 Å². The smallest absolute Gasteiger partial charge is 0.227 e. The Labute approximate surface area is 135 Å². The van der Waals surface area contributed by atoms with Gasteiger partial charge in [0, 0.05) is 24.5 Å². The van der Waals surface area contributed by atoms with Gasteiger partial charge in [-0.05, 0) is 56.3 Å². The molecule has 1 fully saturated rings. The second kappa shape index (κ2) is 7.27. The van der Waals surface area contributed by atoms with E-state index in [4.69, 9.17) is 5.73 Å². The van der Waals surface area contributed by atoms with Crippen LogP contribution in [0.15, 0.2) is 22.7 Å². The first kappa shape index (κ1) is 16.3. The number of halogens is 1. The Bertz CT molecular complexity index is 496. The number of carbonyl (C=O) groups is 1. The van der Waals surface area contributed by atoms with Gasteiger partial charge in [-0.1, -0.05) is 15.9 Å². The van der Waals surface area contributed by atoms with Crippen molar-refractivity contribution >= 4 is 33.2 Å². The van der Waals surface area contributed by atoms with Crippen molar-refractivity contribution < 1.29 is 4.79 Å². The predicted octanol–water partition coefficient (Wildman–Crippen LogP) is 3.22. The molecule has 0 unspecified atom stereocenters. The molecule has 1 aromatic rings. The second-order valence-electron chi connectivity index (χ2n) is 6.00. The van der Waals surface area contributed by atoms with Crippen LogP contribution in [0.25, 0.3) is 0 Å². The number of hydrogen-bond donors (Lipinski definition) is 2. The number of rotatable bonds is 4. The highest BCUT2D eigenvalue weighted by molar-refractivity contribution is 9.10. The predicted molar refractivity (Wildman–Crippen MR) is 91.6 cm³/mol. The molecule has 3 N–H and O–H groups in total. The minimum atomic E-state index is 0.113. The van der Waals surface area contributed by atoms with Gasteiger partial charge in [0.1, 0.15) is 0 Å². The molecule has 1 aromatic carbocycles. The Morgan fingerprint density at radius 1 is 1.33 bits per heavy atom. The summed E-state index contributed by atoms with van der Waals surface area (Å²) in [5.74, 6) is 0.839. The van der Waals surface area contributed by atoms with Gasteiger partial charge >= 0.3 is 0 Å². The van der Waals surface area contributed by atoms with Crippen molar-refractivity contribution in [1.29, 1.82) is 0 Å². The summed E-state index contributed by atoms with van der Waals surface area (Å²) >= 11 is 3.46. The van der Waals surface area contributed by atoms with E-state index in [2.05, 4.69) is 21.2 Å². The topological polar surface area (TPSA) is 58.4 Å². The van der Waals surface area contributed by atoms with Crippen LogP contribution in [0.4, 0.5) is 11.4 Å². The van der Waals surface area contributed by atoms with Gasteiger partial charge in [0.15, 0.2) is 0 Å². The fourth-order valence-corrected chi connectivity index (χ4v) is 3.25. The summed E-state index contributed by atoms with van der Waals surface area (Å²) in [6, 6.07) is 5.95. The van der Waals surface area contributed by atoms with Crippen molar-refractivity contribution in [3.8, 4) is 0 Å². The first-order valence-corrected chi connectivity index (χ1v) is 8.28. The van der Waals surface area contributed by atoms with Crippen LogP contribution < -0.4 is 16.0 Å². The van der Waals surface area contributed by atoms with Crippen molar-refractivity contribution in [2.45, 2.75) is 25.7 Å². The lowest BCUT2D eigenvalue weighted by atomic mass is 9.81. The molecule has 0 bridgehead atoms. The number of nitrogens with zero attached hydrogens (tertiary/aromatic N) is 1. The maximum absolute atomic E-state index is 12.5. The van der Waals surface area contributed by atoms with Crippen molar-refractivity contribution in [2.75, 3.05) is 30.9 Å². The molecule has 0 radical (unpaired) electrons. The van der Waals surface area contributed by atoms with E-state index in [1.807, 2.05) is 37.2 Å². The van der Waals surface area contributed by atoms with Crippen LogP contribution in [0, 0.1) is 11.8 Å². The number of carbonyl (C=O) groups excluding carboxylic acids is 1. The Kier molecular flexibility index (Phi) is 5.65. The molecule has 1 saturated carbocycles. The van der Waals surface area contributed by atoms with E-state index in [1.165, 1.54) is 0 Å². The molecule has 0 spiro atoms. The van der Waals surface area contributed by atoms with E-state index in [0.29, 0.717) is 5.92 Å². The number of benzene rings is 1. The van der Waals surface area contributed by atoms with Crippen molar-refractivity contribution in [2.24, 2.45) is 17.6 Å². The highest BCUT2D eigenvalue weighted by atomic mass is 79.9. The summed E-state index contributed by atoms with van der Waals surface area (Å²) in [6.45, 7) is 0.741. The molecule has 4 nitrogen and oxygen atoms in total. The largest absolute Gasteiger partial charge is 0.376 e. The molecule has 0 heterocycles. The molecule has 21 heavy (non-hydrogen) atoms. The normalized spacial score (nSPS) is 21.9. The van der Waals surface area contributed by atoms with Gasteiger partial charge in [0.25, 0.3) is 0 Å². The lowest BCUT2D eigenvalue weighted by Crippen LogP contribution is -2.29. The number of amides is 1. The maximum atomic E-state index is 12.5. The molecule has 0 aromatic heterocycles. The molecule has 0 saturated heterocycles. The quantitative estimate of drug-likeness (QED) is 0.873. The molecule has 5 heteroatoms. The Hall–Kier alpha value is -1.07. The molecule has 1 aliphatic rings. The first-order valence-electron chi connectivity index (χ1n) is 7.49. The van der Waals surface area contributed by atoms with Crippen LogP contribution in [0.2, 0.25) is 0 Å². The third-order valence-corrected chi connectivity index (χ3v) is 4.74. The van der Waals surface area contributed by atoms with Crippen LogP contribution in [-0.2, 0) is 4.79 Å². The van der Waals surface area contributed by atoms with Crippen LogP contribution in [0.5, 0.6) is 0 Å². The summed E-state index contributed by atoms with van der Waals surface area (Å²) < 4.78 is 0.968. The van der Waals surface area contributed by atoms with E-state index in [1.54, 1.807) is 0 Å². The number of anilines is 2. The Balaban J connectivity index is 2.04. The van der Waals surface area contributed by atoms with Gasteiger partial charge in [0.2, 0.25) is 5.91 Å². The molecule has 1 aliphatic carbocycles. The van der Waals surface area contributed by atoms with Crippen LogP contribution >= 0.6 is 15.9 Å². The van der Waals surface area contributed by atoms with Gasteiger partial charge in [-0.3, -0.25) is 4.79 Å². The molecule has 2 rings (SSSR count). The fraction of sp³-hybridized carbons (Fsp3) is 0.562. The number of hydrogen-bond acceptors (Lipinski definition) is 3. The average Bonchev–Trinajstić information content (AvgIpc) is 2.47. The summed E-state index contributed by atoms with van der Waals surface area (Å²) in [5, 5.41) is 3.09. The minimum absolute atomic E-state index is 0.113. The molecule has 116 valence electrons. The third kappa shape index (κ3) is 4.20. The average molecular weight is 354 g/mol. The summed E-state index contributed by atoms with van der Waals surface area (Å²) in [4.78, 5) is 14.5. The molecule has 1 amide bonds. The third-order valence-electron chi connectivity index (χ3n) is 4.25. The van der Waals surface area contributed by atoms with Gasteiger partial charge < -0.3 is 16.0 Å². The zero-order valence-electron chi connectivity index (χ0n) is 12.7. The number of nitrogens with two attached hydrogens (primary N) is 1. The highest BCUT2D eigenvalue weighted by Gasteiger charge is 2.26. The zero-order chi connectivity index (χ0) is 15.4. The molecule has 0 aliphatic heterocycles. The number of nitrogens with one attached hydrogen (secondary N) is 1. The molecular weight excluding hydrogens is 330 g/mol. The summed E-state index contributed by atoms with van der Waals surface area (Å²) in [6.07, 6.45) is 4.01. The zero-order valence-corrected chi connectivity index (χ0v) is 14.3. The van der Waals surface area contributed by atoms with Crippen LogP contribution in [0.1, 0.15) is 25.7 Å². The van der Waals surface area contributed by atoms with Gasteiger partial charge in [-0.15, -0.1) is 0 Å². The van der Waals surface area contributed by atoms with Gasteiger partial charge in [-0.25, -0.2) is 0 Å². The van der Waals surface area contributed by atoms with Gasteiger partial charge in [0.05, 0.1) is 11.4 Å². The van der Waals surface area contributed by atoms with E-state index in [-0.39, 0.29) is 11.8 Å². The molecular formula is C16H24BrN3O. The summed E-state index contributed by atoms with van der Waals surface area (Å²) in [7, 11) is 3.96. The monoisotopic (exact) mass is 353 g/mol. The van der Waals surface area contributed by atoms with E-state index < -0.39 is 0 Å². The second-order valence-corrected chi connectivity index (χ2v) is 6.91. The maximum Gasteiger partial charge on any atom is 0.227 e. The standard InChI is InChI=1S/C16H24BrN3O/c1-20(2)15-8-7-13(17)9-14(15)19-16(21)12-5-3-11(10-18)4-6-12/h7-9,11-12H,3-6,10,18H2,1-2H3,(H,19,21). The molecule has 0 atom stereocenters. The van der Waals surface area contributed by atoms with E-state index >= 15 is 0 Å². The van der Waals surface area contributed by atoms with Gasteiger partial charge in [-0.2, -0.15) is 0 Å². The van der Waals surface area contributed by atoms with E-state index in [9.17, 15) is 4.79 Å². The lowest BCUT2D eigenvalue weighted by Gasteiger charge is -2.27. The first-order chi connectivity index (χ1) is 10.0. The van der Waals surface area contributed by atoms with Crippen LogP contribution in [-0.4, -0.2) is 26.5 Å². The Morgan fingerprint density at radius 3 is 2.57 bits per heavy atom.